The standard InChI is InChI=1S/C11H20O/c1-10(7-9-12)6-5-8-11(2,3)4/h5-7,12H,8-9H2,1-4H3. The van der Waals surface area contributed by atoms with E-state index in [1.165, 1.54) is 0 Å². The lowest BCUT2D eigenvalue weighted by molar-refractivity contribution is 0.342. The molecule has 0 aromatic rings. The molecule has 0 bridgehead atoms. The Morgan fingerprint density at radius 3 is 2.33 bits per heavy atom. The Bertz CT molecular complexity index is 170. The van der Waals surface area contributed by atoms with E-state index < -0.39 is 0 Å². The van der Waals surface area contributed by atoms with Crippen LogP contribution in [0, 0.1) is 5.41 Å². The van der Waals surface area contributed by atoms with Gasteiger partial charge in [0.2, 0.25) is 0 Å². The molecule has 0 aliphatic rings. The molecule has 1 heteroatoms. The molecule has 0 saturated carbocycles. The summed E-state index contributed by atoms with van der Waals surface area (Å²) in [4.78, 5) is 0. The van der Waals surface area contributed by atoms with Crippen LogP contribution in [0.15, 0.2) is 23.8 Å². The van der Waals surface area contributed by atoms with Crippen molar-refractivity contribution in [2.75, 3.05) is 6.61 Å². The molecule has 0 heterocycles. The summed E-state index contributed by atoms with van der Waals surface area (Å²) in [6.07, 6.45) is 7.09. The van der Waals surface area contributed by atoms with Gasteiger partial charge in [0.1, 0.15) is 0 Å². The van der Waals surface area contributed by atoms with Gasteiger partial charge in [0.15, 0.2) is 0 Å². The fourth-order valence-electron chi connectivity index (χ4n) is 0.810. The van der Waals surface area contributed by atoms with E-state index in [-0.39, 0.29) is 6.61 Å². The quantitative estimate of drug-likeness (QED) is 0.642. The molecular weight excluding hydrogens is 148 g/mol. The second-order valence-corrected chi connectivity index (χ2v) is 4.30. The van der Waals surface area contributed by atoms with Gasteiger partial charge in [-0.15, -0.1) is 0 Å². The minimum Gasteiger partial charge on any atom is -0.392 e. The number of hydrogen-bond donors (Lipinski definition) is 1. The van der Waals surface area contributed by atoms with Gasteiger partial charge in [-0.05, 0) is 18.8 Å². The van der Waals surface area contributed by atoms with E-state index in [9.17, 15) is 0 Å². The van der Waals surface area contributed by atoms with Gasteiger partial charge in [0, 0.05) is 0 Å². The highest BCUT2D eigenvalue weighted by molar-refractivity contribution is 5.15. The Labute approximate surface area is 75.8 Å². The molecule has 0 radical (unpaired) electrons. The number of allylic oxidation sites excluding steroid dienone is 3. The minimum absolute atomic E-state index is 0.131. The number of aliphatic hydroxyl groups is 1. The van der Waals surface area contributed by atoms with Crippen LogP contribution in [0.4, 0.5) is 0 Å². The van der Waals surface area contributed by atoms with Crippen LogP contribution in [0.5, 0.6) is 0 Å². The first-order valence-corrected chi connectivity index (χ1v) is 4.40. The molecule has 0 aliphatic heterocycles. The normalized spacial score (nSPS) is 14.2. The van der Waals surface area contributed by atoms with Crippen molar-refractivity contribution < 1.29 is 5.11 Å². The van der Waals surface area contributed by atoms with Gasteiger partial charge in [0.05, 0.1) is 6.61 Å². The first kappa shape index (κ1) is 11.4. The summed E-state index contributed by atoms with van der Waals surface area (Å²) < 4.78 is 0. The monoisotopic (exact) mass is 168 g/mol. The molecule has 0 amide bonds. The van der Waals surface area contributed by atoms with Crippen LogP contribution in [0.3, 0.4) is 0 Å². The van der Waals surface area contributed by atoms with Gasteiger partial charge in [0.25, 0.3) is 0 Å². The van der Waals surface area contributed by atoms with Gasteiger partial charge < -0.3 is 5.11 Å². The van der Waals surface area contributed by atoms with E-state index in [4.69, 9.17) is 5.11 Å². The second kappa shape index (κ2) is 5.15. The Balaban J connectivity index is 3.85. The Morgan fingerprint density at radius 2 is 1.92 bits per heavy atom. The van der Waals surface area contributed by atoms with Crippen LogP contribution in [0.1, 0.15) is 34.1 Å². The smallest absolute Gasteiger partial charge is 0.0617 e. The van der Waals surface area contributed by atoms with Crippen molar-refractivity contribution in [3.8, 4) is 0 Å². The van der Waals surface area contributed by atoms with Gasteiger partial charge >= 0.3 is 0 Å². The summed E-state index contributed by atoms with van der Waals surface area (Å²) in [6.45, 7) is 8.76. The van der Waals surface area contributed by atoms with Crippen molar-refractivity contribution in [2.45, 2.75) is 34.1 Å². The van der Waals surface area contributed by atoms with E-state index >= 15 is 0 Å². The molecule has 0 saturated heterocycles. The van der Waals surface area contributed by atoms with Gasteiger partial charge in [-0.25, -0.2) is 0 Å². The Kier molecular flexibility index (Phi) is 4.91. The zero-order chi connectivity index (χ0) is 9.61. The summed E-state index contributed by atoms with van der Waals surface area (Å²) in [5, 5.41) is 8.59. The van der Waals surface area contributed by atoms with Crippen LogP contribution in [0.2, 0.25) is 0 Å². The summed E-state index contributed by atoms with van der Waals surface area (Å²) in [6, 6.07) is 0. The second-order valence-electron chi connectivity index (χ2n) is 4.30. The van der Waals surface area contributed by atoms with Crippen molar-refractivity contribution in [3.63, 3.8) is 0 Å². The highest BCUT2D eigenvalue weighted by Gasteiger charge is 2.05. The number of rotatable bonds is 3. The maximum atomic E-state index is 8.59. The van der Waals surface area contributed by atoms with Gasteiger partial charge in [-0.3, -0.25) is 0 Å². The van der Waals surface area contributed by atoms with E-state index in [2.05, 4.69) is 32.9 Å². The molecule has 0 unspecified atom stereocenters. The van der Waals surface area contributed by atoms with E-state index in [0.717, 1.165) is 12.0 Å². The topological polar surface area (TPSA) is 20.2 Å². The Hall–Kier alpha value is -0.560. The lowest BCUT2D eigenvalue weighted by Gasteiger charge is -2.14. The summed E-state index contributed by atoms with van der Waals surface area (Å²) in [5.74, 6) is 0. The molecule has 70 valence electrons. The summed E-state index contributed by atoms with van der Waals surface area (Å²) >= 11 is 0. The van der Waals surface area contributed by atoms with Crippen molar-refractivity contribution in [3.05, 3.63) is 23.8 Å². The third-order valence-corrected chi connectivity index (χ3v) is 1.52. The maximum absolute atomic E-state index is 8.59. The average molecular weight is 168 g/mol. The van der Waals surface area contributed by atoms with E-state index in [0.29, 0.717) is 5.41 Å². The molecule has 1 N–H and O–H groups in total. The van der Waals surface area contributed by atoms with Crippen molar-refractivity contribution in [1.29, 1.82) is 0 Å². The van der Waals surface area contributed by atoms with Gasteiger partial charge in [-0.2, -0.15) is 0 Å². The first-order valence-electron chi connectivity index (χ1n) is 4.40. The van der Waals surface area contributed by atoms with E-state index in [1.54, 1.807) is 6.08 Å². The molecule has 0 aromatic carbocycles. The van der Waals surface area contributed by atoms with Crippen LogP contribution >= 0.6 is 0 Å². The van der Waals surface area contributed by atoms with Crippen molar-refractivity contribution >= 4 is 0 Å². The lowest BCUT2D eigenvalue weighted by atomic mass is 9.92. The first-order chi connectivity index (χ1) is 5.45. The van der Waals surface area contributed by atoms with E-state index in [1.807, 2.05) is 6.92 Å². The highest BCUT2D eigenvalue weighted by atomic mass is 16.2. The minimum atomic E-state index is 0.131. The predicted octanol–water partition coefficient (Wildman–Crippen LogP) is 2.92. The highest BCUT2D eigenvalue weighted by Crippen LogP contribution is 2.18. The molecule has 0 fully saturated rings. The lowest BCUT2D eigenvalue weighted by Crippen LogP contribution is -2.01. The van der Waals surface area contributed by atoms with Crippen LogP contribution in [-0.4, -0.2) is 11.7 Å². The molecule has 0 rings (SSSR count). The zero-order valence-electron chi connectivity index (χ0n) is 8.59. The molecule has 0 spiro atoms. The predicted molar refractivity (Wildman–Crippen MR) is 54.1 cm³/mol. The van der Waals surface area contributed by atoms with Crippen LogP contribution in [0.25, 0.3) is 0 Å². The molecular formula is C11H20O. The molecule has 1 nitrogen and oxygen atoms in total. The summed E-state index contributed by atoms with van der Waals surface area (Å²) in [7, 11) is 0. The van der Waals surface area contributed by atoms with Gasteiger partial charge in [-0.1, -0.05) is 44.6 Å². The fourth-order valence-corrected chi connectivity index (χ4v) is 0.810. The number of hydrogen-bond acceptors (Lipinski definition) is 1. The molecule has 0 aliphatic carbocycles. The van der Waals surface area contributed by atoms with Crippen molar-refractivity contribution in [1.82, 2.24) is 0 Å². The molecule has 12 heavy (non-hydrogen) atoms. The molecule has 0 aromatic heterocycles. The third kappa shape index (κ3) is 7.55. The average Bonchev–Trinajstić information content (AvgIpc) is 1.84. The largest absolute Gasteiger partial charge is 0.392 e. The Morgan fingerprint density at radius 1 is 1.33 bits per heavy atom. The number of aliphatic hydroxyl groups excluding tert-OH is 1. The molecule has 0 atom stereocenters. The summed E-state index contributed by atoms with van der Waals surface area (Å²) in [5.41, 5.74) is 1.48. The van der Waals surface area contributed by atoms with Crippen LogP contribution in [-0.2, 0) is 0 Å². The maximum Gasteiger partial charge on any atom is 0.0617 e. The third-order valence-electron chi connectivity index (χ3n) is 1.52. The van der Waals surface area contributed by atoms with Crippen molar-refractivity contribution in [2.24, 2.45) is 5.41 Å². The van der Waals surface area contributed by atoms with Crippen LogP contribution < -0.4 is 0 Å². The zero-order valence-corrected chi connectivity index (χ0v) is 8.59. The fraction of sp³-hybridized carbons (Fsp3) is 0.636. The SMILES string of the molecule is CC(C=CCC(C)(C)C)=CCO.